The van der Waals surface area contributed by atoms with Gasteiger partial charge in [0.05, 0.1) is 4.90 Å². The number of imidazole rings is 1. The van der Waals surface area contributed by atoms with Gasteiger partial charge in [-0.2, -0.15) is 0 Å². The predicted octanol–water partition coefficient (Wildman–Crippen LogP) is 3.44. The number of hydrogen-bond acceptors (Lipinski definition) is 3. The Balaban J connectivity index is 2.13. The van der Waals surface area contributed by atoms with Crippen LogP contribution in [-0.2, 0) is 10.0 Å². The summed E-state index contributed by atoms with van der Waals surface area (Å²) >= 11 is 5.80. The van der Waals surface area contributed by atoms with Crippen LogP contribution in [0.5, 0.6) is 0 Å². The van der Waals surface area contributed by atoms with Gasteiger partial charge in [-0.05, 0) is 24.3 Å². The lowest BCUT2D eigenvalue weighted by molar-refractivity contribution is 0.588. The van der Waals surface area contributed by atoms with Crippen LogP contribution < -0.4 is 0 Å². The first-order valence-electron chi connectivity index (χ1n) is 6.19. The second kappa shape index (κ2) is 5.35. The second-order valence-corrected chi connectivity index (χ2v) is 6.62. The summed E-state index contributed by atoms with van der Waals surface area (Å²) in [4.78, 5) is 4.32. The zero-order valence-electron chi connectivity index (χ0n) is 10.8. The third-order valence-corrected chi connectivity index (χ3v) is 4.94. The average molecular weight is 319 g/mol. The highest BCUT2D eigenvalue weighted by Gasteiger charge is 2.20. The fraction of sp³-hybridized carbons (Fsp3) is 0. The summed E-state index contributed by atoms with van der Waals surface area (Å²) in [5.74, 6) is 0.380. The van der Waals surface area contributed by atoms with Crippen LogP contribution >= 0.6 is 11.6 Å². The van der Waals surface area contributed by atoms with Gasteiger partial charge in [-0.15, -0.1) is 0 Å². The first kappa shape index (κ1) is 13.9. The maximum absolute atomic E-state index is 12.7. The van der Waals surface area contributed by atoms with E-state index < -0.39 is 10.0 Å². The van der Waals surface area contributed by atoms with E-state index in [-0.39, 0.29) is 4.90 Å². The summed E-state index contributed by atoms with van der Waals surface area (Å²) in [6.07, 6.45) is 2.90. The Hall–Kier alpha value is -2.11. The van der Waals surface area contributed by atoms with Gasteiger partial charge in [0.15, 0.2) is 5.82 Å². The van der Waals surface area contributed by atoms with E-state index >= 15 is 0 Å². The molecule has 0 saturated carbocycles. The van der Waals surface area contributed by atoms with Crippen molar-refractivity contribution in [3.05, 3.63) is 72.0 Å². The van der Waals surface area contributed by atoms with E-state index in [9.17, 15) is 8.42 Å². The molecule has 0 aliphatic rings. The lowest BCUT2D eigenvalue weighted by atomic mass is 10.2. The van der Waals surface area contributed by atoms with Crippen LogP contribution in [0.15, 0.2) is 71.9 Å². The minimum Gasteiger partial charge on any atom is -0.236 e. The van der Waals surface area contributed by atoms with E-state index in [0.29, 0.717) is 10.8 Å². The van der Waals surface area contributed by atoms with Crippen LogP contribution in [-0.4, -0.2) is 17.4 Å². The van der Waals surface area contributed by atoms with Crippen LogP contribution in [0.25, 0.3) is 11.4 Å². The van der Waals surface area contributed by atoms with Gasteiger partial charge in [-0.25, -0.2) is 17.4 Å². The summed E-state index contributed by atoms with van der Waals surface area (Å²) in [5, 5.41) is 0.489. The zero-order valence-corrected chi connectivity index (χ0v) is 12.4. The highest BCUT2D eigenvalue weighted by atomic mass is 35.5. The Kier molecular flexibility index (Phi) is 3.53. The highest BCUT2D eigenvalue weighted by Crippen LogP contribution is 2.23. The van der Waals surface area contributed by atoms with E-state index in [2.05, 4.69) is 4.98 Å². The third kappa shape index (κ3) is 2.57. The number of benzene rings is 2. The van der Waals surface area contributed by atoms with Crippen LogP contribution in [0.2, 0.25) is 5.02 Å². The van der Waals surface area contributed by atoms with E-state index in [0.717, 1.165) is 5.56 Å². The Morgan fingerprint density at radius 1 is 0.952 bits per heavy atom. The molecule has 0 radical (unpaired) electrons. The number of nitrogens with zero attached hydrogens (tertiary/aromatic N) is 2. The predicted molar refractivity (Wildman–Crippen MR) is 81.7 cm³/mol. The molecule has 4 nitrogen and oxygen atoms in total. The van der Waals surface area contributed by atoms with E-state index in [1.54, 1.807) is 12.1 Å². The summed E-state index contributed by atoms with van der Waals surface area (Å²) < 4.78 is 26.5. The Morgan fingerprint density at radius 2 is 1.62 bits per heavy atom. The minimum atomic E-state index is -3.70. The molecule has 0 amide bonds. The summed E-state index contributed by atoms with van der Waals surface area (Å²) in [6, 6.07) is 15.2. The Labute approximate surface area is 127 Å². The standard InChI is InChI=1S/C15H11ClN2O2S/c16-13-6-8-14(9-7-13)21(19,20)18-11-10-17-15(18)12-4-2-1-3-5-12/h1-11H. The SMILES string of the molecule is O=S(=O)(c1ccc(Cl)cc1)n1ccnc1-c1ccccc1. The van der Waals surface area contributed by atoms with Gasteiger partial charge in [0.2, 0.25) is 0 Å². The molecule has 6 heteroatoms. The molecule has 106 valence electrons. The number of aromatic nitrogens is 2. The number of rotatable bonds is 3. The van der Waals surface area contributed by atoms with Crippen molar-refractivity contribution in [2.24, 2.45) is 0 Å². The van der Waals surface area contributed by atoms with Crippen molar-refractivity contribution in [1.29, 1.82) is 0 Å². The molecule has 1 aromatic heterocycles. The third-order valence-electron chi connectivity index (χ3n) is 3.01. The lowest BCUT2D eigenvalue weighted by Crippen LogP contribution is -2.13. The van der Waals surface area contributed by atoms with Gasteiger partial charge in [0.25, 0.3) is 10.0 Å². The second-order valence-electron chi connectivity index (χ2n) is 4.37. The van der Waals surface area contributed by atoms with Crippen molar-refractivity contribution >= 4 is 21.6 Å². The molecule has 3 aromatic rings. The van der Waals surface area contributed by atoms with Crippen LogP contribution in [0.3, 0.4) is 0 Å². The monoisotopic (exact) mass is 318 g/mol. The zero-order chi connectivity index (χ0) is 14.9. The summed E-state index contributed by atoms with van der Waals surface area (Å²) in [6.45, 7) is 0. The van der Waals surface area contributed by atoms with Gasteiger partial charge >= 0.3 is 0 Å². The van der Waals surface area contributed by atoms with Crippen molar-refractivity contribution in [3.8, 4) is 11.4 Å². The molecule has 0 N–H and O–H groups in total. The van der Waals surface area contributed by atoms with Gasteiger partial charge in [0.1, 0.15) is 0 Å². The molecule has 3 rings (SSSR count). The molecule has 0 bridgehead atoms. The smallest absolute Gasteiger partial charge is 0.236 e. The Bertz CT molecular complexity index is 856. The Morgan fingerprint density at radius 3 is 2.29 bits per heavy atom. The largest absolute Gasteiger partial charge is 0.269 e. The first-order chi connectivity index (χ1) is 10.1. The maximum atomic E-state index is 12.7. The molecule has 0 atom stereocenters. The molecule has 0 aliphatic carbocycles. The van der Waals surface area contributed by atoms with Crippen molar-refractivity contribution in [2.75, 3.05) is 0 Å². The van der Waals surface area contributed by atoms with E-state index in [4.69, 9.17) is 11.6 Å². The van der Waals surface area contributed by atoms with Gasteiger partial charge in [-0.3, -0.25) is 0 Å². The molecule has 0 fully saturated rings. The summed E-state index contributed by atoms with van der Waals surface area (Å²) in [7, 11) is -3.70. The van der Waals surface area contributed by atoms with Gasteiger partial charge < -0.3 is 0 Å². The fourth-order valence-electron chi connectivity index (χ4n) is 2.00. The van der Waals surface area contributed by atoms with E-state index in [1.807, 2.05) is 30.3 Å². The lowest BCUT2D eigenvalue weighted by Gasteiger charge is -2.09. The van der Waals surface area contributed by atoms with Crippen molar-refractivity contribution in [1.82, 2.24) is 8.96 Å². The normalized spacial score (nSPS) is 11.5. The van der Waals surface area contributed by atoms with Crippen molar-refractivity contribution < 1.29 is 8.42 Å². The van der Waals surface area contributed by atoms with Crippen LogP contribution in [0.1, 0.15) is 0 Å². The highest BCUT2D eigenvalue weighted by molar-refractivity contribution is 7.90. The molecular weight excluding hydrogens is 308 g/mol. The van der Waals surface area contributed by atoms with Crippen LogP contribution in [0, 0.1) is 0 Å². The quantitative estimate of drug-likeness (QED) is 0.743. The molecule has 0 spiro atoms. The van der Waals surface area contributed by atoms with Crippen LogP contribution in [0.4, 0.5) is 0 Å². The number of hydrogen-bond donors (Lipinski definition) is 0. The minimum absolute atomic E-state index is 0.169. The molecule has 21 heavy (non-hydrogen) atoms. The van der Waals surface area contributed by atoms with Gasteiger partial charge in [-0.1, -0.05) is 41.9 Å². The van der Waals surface area contributed by atoms with Gasteiger partial charge in [0, 0.05) is 23.0 Å². The average Bonchev–Trinajstić information content (AvgIpc) is 2.99. The fourth-order valence-corrected chi connectivity index (χ4v) is 3.42. The molecule has 1 heterocycles. The van der Waals surface area contributed by atoms with Crippen molar-refractivity contribution in [3.63, 3.8) is 0 Å². The summed E-state index contributed by atoms with van der Waals surface area (Å²) in [5.41, 5.74) is 0.736. The molecule has 0 unspecified atom stereocenters. The molecule has 0 aliphatic heterocycles. The molecule has 2 aromatic carbocycles. The number of halogens is 1. The van der Waals surface area contributed by atoms with Crippen molar-refractivity contribution in [2.45, 2.75) is 4.90 Å². The topological polar surface area (TPSA) is 52.0 Å². The van der Waals surface area contributed by atoms with E-state index in [1.165, 1.54) is 28.5 Å². The first-order valence-corrected chi connectivity index (χ1v) is 8.01. The molecule has 0 saturated heterocycles. The molecular formula is C15H11ClN2O2S. The maximum Gasteiger partial charge on any atom is 0.269 e.